The molecule has 2 heterocycles. The molecule has 0 spiro atoms. The van der Waals surface area contributed by atoms with Crippen molar-refractivity contribution in [3.05, 3.63) is 22.0 Å². The highest BCUT2D eigenvalue weighted by Crippen LogP contribution is 2.24. The first-order valence-corrected chi connectivity index (χ1v) is 6.38. The lowest BCUT2D eigenvalue weighted by Crippen LogP contribution is -2.14. The summed E-state index contributed by atoms with van der Waals surface area (Å²) >= 11 is 1.33. The molecular weight excluding hydrogens is 252 g/mol. The van der Waals surface area contributed by atoms with Gasteiger partial charge in [0.05, 0.1) is 5.69 Å². The van der Waals surface area contributed by atoms with Crippen LogP contribution in [0.5, 0.6) is 0 Å². The molecule has 1 amide bonds. The quantitative estimate of drug-likeness (QED) is 0.923. The third-order valence-corrected chi connectivity index (χ3v) is 3.14. The largest absolute Gasteiger partial charge is 0.360 e. The number of carbonyl (C=O) groups is 1. The molecule has 0 aliphatic carbocycles. The van der Waals surface area contributed by atoms with Crippen molar-refractivity contribution in [2.75, 3.05) is 5.32 Å². The Balaban J connectivity index is 2.26. The SMILES string of the molecule is Cc1nnc(NC(=O)c2c(C)noc2C(C)C)s1. The number of nitrogens with zero attached hydrogens (tertiary/aromatic N) is 3. The topological polar surface area (TPSA) is 80.9 Å². The molecule has 0 saturated carbocycles. The zero-order valence-electron chi connectivity index (χ0n) is 10.6. The van der Waals surface area contributed by atoms with Gasteiger partial charge in [-0.15, -0.1) is 10.2 Å². The molecule has 0 aromatic carbocycles. The minimum Gasteiger partial charge on any atom is -0.360 e. The van der Waals surface area contributed by atoms with E-state index in [0.29, 0.717) is 22.1 Å². The van der Waals surface area contributed by atoms with Crippen LogP contribution in [0.4, 0.5) is 5.13 Å². The molecule has 0 bridgehead atoms. The fourth-order valence-corrected chi connectivity index (χ4v) is 2.15. The molecule has 18 heavy (non-hydrogen) atoms. The Bertz CT molecular complexity index is 573. The number of aryl methyl sites for hydroxylation is 2. The fraction of sp³-hybridized carbons (Fsp3) is 0.455. The van der Waals surface area contributed by atoms with Gasteiger partial charge in [-0.2, -0.15) is 0 Å². The minimum atomic E-state index is -0.256. The molecule has 0 fully saturated rings. The van der Waals surface area contributed by atoms with Crippen molar-refractivity contribution in [3.8, 4) is 0 Å². The van der Waals surface area contributed by atoms with Gasteiger partial charge in [0.1, 0.15) is 10.6 Å². The molecule has 0 saturated heterocycles. The zero-order valence-corrected chi connectivity index (χ0v) is 11.5. The number of aromatic nitrogens is 3. The maximum Gasteiger partial charge on any atom is 0.263 e. The van der Waals surface area contributed by atoms with Gasteiger partial charge in [0.15, 0.2) is 5.76 Å². The van der Waals surface area contributed by atoms with Gasteiger partial charge in [0.25, 0.3) is 5.91 Å². The van der Waals surface area contributed by atoms with Gasteiger partial charge in [-0.3, -0.25) is 10.1 Å². The Hall–Kier alpha value is -1.76. The van der Waals surface area contributed by atoms with Crippen LogP contribution in [0.3, 0.4) is 0 Å². The Kier molecular flexibility index (Phi) is 3.42. The van der Waals surface area contributed by atoms with Crippen LogP contribution in [0, 0.1) is 13.8 Å². The molecule has 0 radical (unpaired) electrons. The van der Waals surface area contributed by atoms with Crippen LogP contribution in [0.15, 0.2) is 4.52 Å². The zero-order chi connectivity index (χ0) is 13.3. The molecular formula is C11H14N4O2S. The van der Waals surface area contributed by atoms with Crippen LogP contribution >= 0.6 is 11.3 Å². The number of nitrogens with one attached hydrogen (secondary N) is 1. The predicted octanol–water partition coefficient (Wildman–Crippen LogP) is 2.52. The smallest absolute Gasteiger partial charge is 0.263 e. The molecule has 2 aromatic heterocycles. The molecule has 2 rings (SSSR count). The van der Waals surface area contributed by atoms with Crippen LogP contribution in [-0.2, 0) is 0 Å². The van der Waals surface area contributed by atoms with Gasteiger partial charge in [0.2, 0.25) is 5.13 Å². The molecule has 0 unspecified atom stereocenters. The minimum absolute atomic E-state index is 0.100. The number of hydrogen-bond acceptors (Lipinski definition) is 6. The maximum absolute atomic E-state index is 12.2. The summed E-state index contributed by atoms with van der Waals surface area (Å²) in [6.07, 6.45) is 0. The van der Waals surface area contributed by atoms with Crippen molar-refractivity contribution in [3.63, 3.8) is 0 Å². The van der Waals surface area contributed by atoms with Crippen LogP contribution in [-0.4, -0.2) is 21.3 Å². The number of rotatable bonds is 3. The van der Waals surface area contributed by atoms with E-state index in [9.17, 15) is 4.79 Å². The van der Waals surface area contributed by atoms with E-state index in [2.05, 4.69) is 20.7 Å². The second-order valence-corrected chi connectivity index (χ2v) is 5.42. The average Bonchev–Trinajstić information content (AvgIpc) is 2.85. The van der Waals surface area contributed by atoms with Crippen molar-refractivity contribution in [2.45, 2.75) is 33.6 Å². The predicted molar refractivity (Wildman–Crippen MR) is 67.9 cm³/mol. The summed E-state index contributed by atoms with van der Waals surface area (Å²) in [4.78, 5) is 12.2. The van der Waals surface area contributed by atoms with Gasteiger partial charge >= 0.3 is 0 Å². The van der Waals surface area contributed by atoms with Gasteiger partial charge in [-0.05, 0) is 13.8 Å². The number of hydrogen-bond donors (Lipinski definition) is 1. The number of anilines is 1. The average molecular weight is 266 g/mol. The van der Waals surface area contributed by atoms with E-state index in [4.69, 9.17) is 4.52 Å². The summed E-state index contributed by atoms with van der Waals surface area (Å²) in [5, 5.41) is 15.5. The number of amides is 1. The van der Waals surface area contributed by atoms with E-state index in [1.807, 2.05) is 20.8 Å². The summed E-state index contributed by atoms with van der Waals surface area (Å²) in [5.41, 5.74) is 1.07. The van der Waals surface area contributed by atoms with Crippen molar-refractivity contribution < 1.29 is 9.32 Å². The first kappa shape index (κ1) is 12.7. The highest BCUT2D eigenvalue weighted by molar-refractivity contribution is 7.15. The summed E-state index contributed by atoms with van der Waals surface area (Å²) in [6.45, 7) is 7.48. The van der Waals surface area contributed by atoms with Crippen molar-refractivity contribution in [2.24, 2.45) is 0 Å². The van der Waals surface area contributed by atoms with Crippen molar-refractivity contribution in [1.82, 2.24) is 15.4 Å². The highest BCUT2D eigenvalue weighted by atomic mass is 32.1. The third kappa shape index (κ3) is 2.40. The van der Waals surface area contributed by atoms with E-state index < -0.39 is 0 Å². The lowest BCUT2D eigenvalue weighted by molar-refractivity contribution is 0.102. The van der Waals surface area contributed by atoms with E-state index in [-0.39, 0.29) is 11.8 Å². The molecule has 0 aliphatic heterocycles. The maximum atomic E-state index is 12.2. The second-order valence-electron chi connectivity index (χ2n) is 4.24. The Labute approximate surface area is 108 Å². The standard InChI is InChI=1S/C11H14N4O2S/c1-5(2)9-8(6(3)15-17-9)10(16)12-11-14-13-7(4)18-11/h5H,1-4H3,(H,12,14,16). The Morgan fingerprint density at radius 3 is 2.61 bits per heavy atom. The first-order valence-electron chi connectivity index (χ1n) is 5.56. The van der Waals surface area contributed by atoms with E-state index in [1.165, 1.54) is 11.3 Å². The lowest BCUT2D eigenvalue weighted by Gasteiger charge is -2.04. The van der Waals surface area contributed by atoms with E-state index in [1.54, 1.807) is 6.92 Å². The monoisotopic (exact) mass is 266 g/mol. The summed E-state index contributed by atoms with van der Waals surface area (Å²) < 4.78 is 5.18. The molecule has 6 nitrogen and oxygen atoms in total. The van der Waals surface area contributed by atoms with Crippen LogP contribution in [0.1, 0.15) is 46.6 Å². The molecule has 2 aromatic rings. The van der Waals surface area contributed by atoms with Gasteiger partial charge in [-0.25, -0.2) is 0 Å². The van der Waals surface area contributed by atoms with Crippen LogP contribution in [0.25, 0.3) is 0 Å². The highest BCUT2D eigenvalue weighted by Gasteiger charge is 2.23. The van der Waals surface area contributed by atoms with Gasteiger partial charge in [0, 0.05) is 5.92 Å². The van der Waals surface area contributed by atoms with E-state index >= 15 is 0 Å². The molecule has 1 N–H and O–H groups in total. The normalized spacial score (nSPS) is 10.9. The fourth-order valence-electron chi connectivity index (χ4n) is 1.56. The molecule has 7 heteroatoms. The van der Waals surface area contributed by atoms with Gasteiger partial charge in [-0.1, -0.05) is 30.3 Å². The van der Waals surface area contributed by atoms with Crippen LogP contribution in [0.2, 0.25) is 0 Å². The Morgan fingerprint density at radius 2 is 2.06 bits per heavy atom. The molecule has 0 aliphatic rings. The van der Waals surface area contributed by atoms with Crippen LogP contribution < -0.4 is 5.32 Å². The van der Waals surface area contributed by atoms with Crippen molar-refractivity contribution in [1.29, 1.82) is 0 Å². The second kappa shape index (κ2) is 4.85. The molecule has 96 valence electrons. The third-order valence-electron chi connectivity index (χ3n) is 2.39. The lowest BCUT2D eigenvalue weighted by atomic mass is 10.0. The van der Waals surface area contributed by atoms with E-state index in [0.717, 1.165) is 5.01 Å². The summed E-state index contributed by atoms with van der Waals surface area (Å²) in [6, 6.07) is 0. The Morgan fingerprint density at radius 1 is 1.33 bits per heavy atom. The first-order chi connectivity index (χ1) is 8.49. The molecule has 0 atom stereocenters. The van der Waals surface area contributed by atoms with Crippen molar-refractivity contribution >= 4 is 22.4 Å². The summed E-state index contributed by atoms with van der Waals surface area (Å²) in [7, 11) is 0. The van der Waals surface area contributed by atoms with Gasteiger partial charge < -0.3 is 4.52 Å². The summed E-state index contributed by atoms with van der Waals surface area (Å²) in [5.74, 6) is 0.433. The number of carbonyl (C=O) groups excluding carboxylic acids is 1.